The molecule has 2 fully saturated rings. The number of nitrogens with one attached hydrogen (secondary N) is 1. The summed E-state index contributed by atoms with van der Waals surface area (Å²) >= 11 is 0. The van der Waals surface area contributed by atoms with E-state index < -0.39 is 10.0 Å². The fourth-order valence-corrected chi connectivity index (χ4v) is 3.98. The van der Waals surface area contributed by atoms with Gasteiger partial charge in [-0.15, -0.1) is 0 Å². The number of rotatable bonds is 9. The monoisotopic (exact) mass is 274 g/mol. The van der Waals surface area contributed by atoms with Crippen molar-refractivity contribution in [1.29, 1.82) is 0 Å². The van der Waals surface area contributed by atoms with Gasteiger partial charge in [0.2, 0.25) is 10.0 Å². The van der Waals surface area contributed by atoms with Gasteiger partial charge in [0.1, 0.15) is 0 Å². The molecular formula is C13H26N2O2S. The maximum Gasteiger partial charge on any atom is 0.214 e. The second-order valence-electron chi connectivity index (χ2n) is 5.65. The van der Waals surface area contributed by atoms with Crippen molar-refractivity contribution in [2.24, 2.45) is 5.92 Å². The Morgan fingerprint density at radius 3 is 2.44 bits per heavy atom. The molecule has 2 rings (SSSR count). The highest BCUT2D eigenvalue weighted by atomic mass is 32.2. The van der Waals surface area contributed by atoms with Gasteiger partial charge in [0.15, 0.2) is 0 Å². The first-order valence-corrected chi connectivity index (χ1v) is 8.94. The van der Waals surface area contributed by atoms with Crippen molar-refractivity contribution in [3.05, 3.63) is 0 Å². The lowest BCUT2D eigenvalue weighted by molar-refractivity contribution is 0.250. The van der Waals surface area contributed by atoms with Crippen LogP contribution in [0.3, 0.4) is 0 Å². The van der Waals surface area contributed by atoms with Crippen molar-refractivity contribution in [3.8, 4) is 0 Å². The molecule has 0 bridgehead atoms. The van der Waals surface area contributed by atoms with Crippen LogP contribution >= 0.6 is 0 Å². The van der Waals surface area contributed by atoms with E-state index in [0.29, 0.717) is 24.3 Å². The maximum atomic E-state index is 12.2. The molecule has 106 valence electrons. The number of sulfonamides is 1. The van der Waals surface area contributed by atoms with E-state index in [0.717, 1.165) is 19.5 Å². The van der Waals surface area contributed by atoms with Crippen LogP contribution in [0, 0.1) is 5.92 Å². The third kappa shape index (κ3) is 4.21. The molecule has 0 atom stereocenters. The molecule has 0 aromatic heterocycles. The highest BCUT2D eigenvalue weighted by Crippen LogP contribution is 2.28. The summed E-state index contributed by atoms with van der Waals surface area (Å²) in [4.78, 5) is 0. The molecule has 0 radical (unpaired) electrons. The van der Waals surface area contributed by atoms with Crippen LogP contribution in [0.1, 0.15) is 45.4 Å². The molecule has 0 aromatic rings. The zero-order valence-corrected chi connectivity index (χ0v) is 12.2. The molecule has 0 unspecified atom stereocenters. The van der Waals surface area contributed by atoms with Crippen molar-refractivity contribution in [1.82, 2.24) is 9.62 Å². The van der Waals surface area contributed by atoms with Gasteiger partial charge in [-0.2, -0.15) is 0 Å². The van der Waals surface area contributed by atoms with Gasteiger partial charge in [-0.05, 0) is 44.6 Å². The van der Waals surface area contributed by atoms with Gasteiger partial charge in [0.05, 0.1) is 5.75 Å². The van der Waals surface area contributed by atoms with Crippen LogP contribution in [-0.2, 0) is 10.0 Å². The van der Waals surface area contributed by atoms with E-state index in [1.807, 2.05) is 6.92 Å². The first kappa shape index (κ1) is 14.3. The van der Waals surface area contributed by atoms with Gasteiger partial charge in [0.25, 0.3) is 0 Å². The van der Waals surface area contributed by atoms with E-state index in [1.54, 1.807) is 4.31 Å². The van der Waals surface area contributed by atoms with E-state index in [-0.39, 0.29) is 0 Å². The Labute approximate surface area is 111 Å². The number of nitrogens with zero attached hydrogens (tertiary/aromatic N) is 1. The Kier molecular flexibility index (Phi) is 5.04. The van der Waals surface area contributed by atoms with E-state index in [9.17, 15) is 8.42 Å². The quantitative estimate of drug-likeness (QED) is 0.649. The number of hydrogen-bond donors (Lipinski definition) is 1. The van der Waals surface area contributed by atoms with Crippen LogP contribution in [0.15, 0.2) is 0 Å². The lowest BCUT2D eigenvalue weighted by Crippen LogP contribution is -2.39. The standard InChI is InChI=1S/C13H26N2O2S/c1-2-15(11-12-5-3-6-12)18(16,17)10-4-9-14-13-7-8-13/h12-14H,2-11H2,1H3. The van der Waals surface area contributed by atoms with Crippen LogP contribution in [0.25, 0.3) is 0 Å². The molecule has 0 aliphatic heterocycles. The smallest absolute Gasteiger partial charge is 0.214 e. The minimum absolute atomic E-state index is 0.299. The van der Waals surface area contributed by atoms with Gasteiger partial charge >= 0.3 is 0 Å². The maximum absolute atomic E-state index is 12.2. The molecule has 0 saturated heterocycles. The Morgan fingerprint density at radius 2 is 1.94 bits per heavy atom. The molecule has 0 aromatic carbocycles. The van der Waals surface area contributed by atoms with E-state index in [1.165, 1.54) is 32.1 Å². The minimum atomic E-state index is -3.03. The van der Waals surface area contributed by atoms with Crippen molar-refractivity contribution in [2.45, 2.75) is 51.5 Å². The topological polar surface area (TPSA) is 49.4 Å². The molecule has 2 saturated carbocycles. The lowest BCUT2D eigenvalue weighted by Gasteiger charge is -2.31. The molecule has 0 spiro atoms. The van der Waals surface area contributed by atoms with Crippen LogP contribution < -0.4 is 5.32 Å². The van der Waals surface area contributed by atoms with Gasteiger partial charge in [0, 0.05) is 19.1 Å². The van der Waals surface area contributed by atoms with E-state index in [2.05, 4.69) is 5.32 Å². The summed E-state index contributed by atoms with van der Waals surface area (Å²) < 4.78 is 26.1. The van der Waals surface area contributed by atoms with E-state index in [4.69, 9.17) is 0 Å². The molecule has 18 heavy (non-hydrogen) atoms. The van der Waals surface area contributed by atoms with Crippen molar-refractivity contribution in [2.75, 3.05) is 25.4 Å². The van der Waals surface area contributed by atoms with Crippen molar-refractivity contribution >= 4 is 10.0 Å². The van der Waals surface area contributed by atoms with Gasteiger partial charge in [-0.25, -0.2) is 12.7 Å². The molecule has 4 nitrogen and oxygen atoms in total. The van der Waals surface area contributed by atoms with Gasteiger partial charge < -0.3 is 5.32 Å². The molecular weight excluding hydrogens is 248 g/mol. The van der Waals surface area contributed by atoms with Crippen LogP contribution in [0.5, 0.6) is 0 Å². The Hall–Kier alpha value is -0.130. The second-order valence-corrected chi connectivity index (χ2v) is 7.73. The summed E-state index contributed by atoms with van der Waals surface area (Å²) in [5.41, 5.74) is 0. The van der Waals surface area contributed by atoms with Crippen LogP contribution in [0.4, 0.5) is 0 Å². The van der Waals surface area contributed by atoms with Gasteiger partial charge in [-0.1, -0.05) is 13.3 Å². The summed E-state index contributed by atoms with van der Waals surface area (Å²) in [6.45, 7) is 4.15. The fraction of sp³-hybridized carbons (Fsp3) is 1.00. The second kappa shape index (κ2) is 6.35. The molecule has 2 aliphatic carbocycles. The molecule has 1 N–H and O–H groups in total. The first-order chi connectivity index (χ1) is 8.62. The highest BCUT2D eigenvalue weighted by molar-refractivity contribution is 7.89. The Morgan fingerprint density at radius 1 is 1.22 bits per heavy atom. The average molecular weight is 274 g/mol. The van der Waals surface area contributed by atoms with Crippen LogP contribution in [-0.4, -0.2) is 44.2 Å². The molecule has 5 heteroatoms. The summed E-state index contributed by atoms with van der Waals surface area (Å²) in [6.07, 6.45) is 6.93. The van der Waals surface area contributed by atoms with Gasteiger partial charge in [-0.3, -0.25) is 0 Å². The number of hydrogen-bond acceptors (Lipinski definition) is 3. The summed E-state index contributed by atoms with van der Waals surface area (Å²) in [7, 11) is -3.03. The third-order valence-corrected chi connectivity index (χ3v) is 6.02. The van der Waals surface area contributed by atoms with Crippen molar-refractivity contribution < 1.29 is 8.42 Å². The summed E-state index contributed by atoms with van der Waals surface area (Å²) in [6, 6.07) is 0.671. The highest BCUT2D eigenvalue weighted by Gasteiger charge is 2.27. The van der Waals surface area contributed by atoms with Crippen LogP contribution in [0.2, 0.25) is 0 Å². The van der Waals surface area contributed by atoms with Crippen molar-refractivity contribution in [3.63, 3.8) is 0 Å². The third-order valence-electron chi connectivity index (χ3n) is 4.02. The summed E-state index contributed by atoms with van der Waals surface area (Å²) in [5, 5.41) is 3.37. The predicted molar refractivity (Wildman–Crippen MR) is 74.0 cm³/mol. The average Bonchev–Trinajstić information content (AvgIpc) is 3.06. The summed E-state index contributed by atoms with van der Waals surface area (Å²) in [5.74, 6) is 0.914. The fourth-order valence-electron chi connectivity index (χ4n) is 2.38. The minimum Gasteiger partial charge on any atom is -0.314 e. The zero-order valence-electron chi connectivity index (χ0n) is 11.4. The normalized spacial score (nSPS) is 21.2. The lowest BCUT2D eigenvalue weighted by atomic mass is 9.85. The zero-order chi connectivity index (χ0) is 13.0. The predicted octanol–water partition coefficient (Wildman–Crippen LogP) is 1.58. The van der Waals surface area contributed by atoms with E-state index >= 15 is 0 Å². The SMILES string of the molecule is CCN(CC1CCC1)S(=O)(=O)CCCNC1CC1. The Balaban J connectivity index is 1.70. The molecule has 0 heterocycles. The molecule has 2 aliphatic rings. The Bertz CT molecular complexity index is 348. The first-order valence-electron chi connectivity index (χ1n) is 7.33. The largest absolute Gasteiger partial charge is 0.314 e. The molecule has 0 amide bonds.